The predicted molar refractivity (Wildman–Crippen MR) is 126 cm³/mol. The lowest BCUT2D eigenvalue weighted by Crippen LogP contribution is -2.41. The molecule has 0 N–H and O–H groups in total. The largest absolute Gasteiger partial charge is 0.495 e. The van der Waals surface area contributed by atoms with E-state index in [0.29, 0.717) is 12.2 Å². The van der Waals surface area contributed by atoms with Crippen LogP contribution < -0.4 is 9.04 Å². The van der Waals surface area contributed by atoms with Crippen LogP contribution in [0.4, 0.5) is 5.69 Å². The second-order valence-corrected chi connectivity index (χ2v) is 9.57. The van der Waals surface area contributed by atoms with Gasteiger partial charge in [-0.05, 0) is 49.2 Å². The van der Waals surface area contributed by atoms with Crippen molar-refractivity contribution >= 4 is 21.6 Å². The van der Waals surface area contributed by atoms with Gasteiger partial charge in [0.15, 0.2) is 0 Å². The Morgan fingerprint density at radius 2 is 1.53 bits per heavy atom. The smallest absolute Gasteiger partial charge is 0.268 e. The monoisotopic (exact) mass is 452 g/mol. The highest BCUT2D eigenvalue weighted by Gasteiger charge is 2.31. The Hall–Kier alpha value is -3.32. The van der Waals surface area contributed by atoms with E-state index >= 15 is 0 Å². The van der Waals surface area contributed by atoms with Crippen molar-refractivity contribution in [3.63, 3.8) is 0 Å². The first kappa shape index (κ1) is 23.3. The molecule has 6 nitrogen and oxygen atoms in total. The molecule has 0 fully saturated rings. The zero-order valence-corrected chi connectivity index (χ0v) is 19.6. The number of rotatable bonds is 8. The molecule has 0 bridgehead atoms. The number of nitrogens with zero attached hydrogens (tertiary/aromatic N) is 2. The van der Waals surface area contributed by atoms with Gasteiger partial charge in [-0.15, -0.1) is 0 Å². The Morgan fingerprint density at radius 3 is 2.16 bits per heavy atom. The average Bonchev–Trinajstić information content (AvgIpc) is 2.78. The molecule has 7 heteroatoms. The zero-order valence-electron chi connectivity index (χ0n) is 18.8. The van der Waals surface area contributed by atoms with Crippen LogP contribution in [0.3, 0.4) is 0 Å². The Bertz CT molecular complexity index is 1180. The minimum atomic E-state index is -4.07. The molecule has 0 saturated heterocycles. The van der Waals surface area contributed by atoms with Crippen molar-refractivity contribution in [3.05, 3.63) is 89.5 Å². The van der Waals surface area contributed by atoms with Gasteiger partial charge >= 0.3 is 0 Å². The van der Waals surface area contributed by atoms with Crippen LogP contribution in [0.15, 0.2) is 77.7 Å². The summed E-state index contributed by atoms with van der Waals surface area (Å²) in [7, 11) is -0.974. The Morgan fingerprint density at radius 1 is 0.906 bits per heavy atom. The van der Waals surface area contributed by atoms with Crippen LogP contribution in [-0.2, 0) is 21.4 Å². The van der Waals surface area contributed by atoms with Crippen LogP contribution in [0.5, 0.6) is 5.75 Å². The predicted octanol–water partition coefficient (Wildman–Crippen LogP) is 4.17. The summed E-state index contributed by atoms with van der Waals surface area (Å²) in [4.78, 5) is 14.6. The second kappa shape index (κ2) is 9.87. The highest BCUT2D eigenvalue weighted by Crippen LogP contribution is 2.31. The molecule has 0 radical (unpaired) electrons. The molecular formula is C25H28N2O4S. The number of carbonyl (C=O) groups is 1. The van der Waals surface area contributed by atoms with Gasteiger partial charge < -0.3 is 9.64 Å². The number of ether oxygens (including phenoxy) is 1. The van der Waals surface area contributed by atoms with Crippen molar-refractivity contribution in [1.82, 2.24) is 4.90 Å². The molecule has 0 aromatic heterocycles. The van der Waals surface area contributed by atoms with Crippen LogP contribution in [0.1, 0.15) is 16.7 Å². The lowest BCUT2D eigenvalue weighted by Gasteiger charge is -2.27. The molecule has 0 aliphatic carbocycles. The number of aryl methyl sites for hydroxylation is 2. The number of hydrogen-bond acceptors (Lipinski definition) is 4. The highest BCUT2D eigenvalue weighted by atomic mass is 32.2. The van der Waals surface area contributed by atoms with Crippen LogP contribution in [0.25, 0.3) is 0 Å². The van der Waals surface area contributed by atoms with Gasteiger partial charge in [0.05, 0.1) is 12.8 Å². The molecule has 0 aliphatic heterocycles. The van der Waals surface area contributed by atoms with E-state index in [0.717, 1.165) is 21.0 Å². The summed E-state index contributed by atoms with van der Waals surface area (Å²) < 4.78 is 34.0. The van der Waals surface area contributed by atoms with Crippen molar-refractivity contribution in [2.75, 3.05) is 25.0 Å². The Kier molecular flexibility index (Phi) is 7.20. The number of methoxy groups -OCH3 is 1. The summed E-state index contributed by atoms with van der Waals surface area (Å²) in [6.45, 7) is 3.79. The molecule has 32 heavy (non-hydrogen) atoms. The summed E-state index contributed by atoms with van der Waals surface area (Å²) in [6, 6.07) is 21.6. The Balaban J connectivity index is 1.98. The maximum absolute atomic E-state index is 13.7. The van der Waals surface area contributed by atoms with Gasteiger partial charge in [-0.1, -0.05) is 54.1 Å². The first-order valence-electron chi connectivity index (χ1n) is 10.2. The van der Waals surface area contributed by atoms with Gasteiger partial charge in [0.2, 0.25) is 5.91 Å². The molecule has 0 spiro atoms. The maximum atomic E-state index is 13.7. The fourth-order valence-electron chi connectivity index (χ4n) is 3.32. The third-order valence-electron chi connectivity index (χ3n) is 5.18. The maximum Gasteiger partial charge on any atom is 0.268 e. The van der Waals surface area contributed by atoms with Crippen LogP contribution in [0, 0.1) is 13.8 Å². The molecule has 3 aromatic carbocycles. The number of anilines is 1. The van der Waals surface area contributed by atoms with Crippen molar-refractivity contribution in [2.45, 2.75) is 25.3 Å². The average molecular weight is 453 g/mol. The molecule has 3 rings (SSSR count). The second-order valence-electron chi connectivity index (χ2n) is 7.74. The number of sulfonamides is 1. The van der Waals surface area contributed by atoms with Crippen molar-refractivity contribution in [2.24, 2.45) is 0 Å². The summed E-state index contributed by atoms with van der Waals surface area (Å²) in [6.07, 6.45) is 0. The van der Waals surface area contributed by atoms with Crippen molar-refractivity contribution in [1.29, 1.82) is 0 Å². The number of carbonyl (C=O) groups excluding carboxylic acids is 1. The number of benzene rings is 3. The van der Waals surface area contributed by atoms with E-state index in [2.05, 4.69) is 0 Å². The third-order valence-corrected chi connectivity index (χ3v) is 6.97. The standard InChI is InChI=1S/C25H28N2O4S/c1-19-10-13-22(14-11-19)27(18-25(28)26(3)17-21-8-6-5-7-9-21)32(29,30)24-16-20(2)12-15-23(24)31-4/h5-16H,17-18H2,1-4H3. The lowest BCUT2D eigenvalue weighted by atomic mass is 10.2. The summed E-state index contributed by atoms with van der Waals surface area (Å²) >= 11 is 0. The van der Waals surface area contributed by atoms with Crippen LogP contribution in [0.2, 0.25) is 0 Å². The fraction of sp³-hybridized carbons (Fsp3) is 0.240. The van der Waals surface area contributed by atoms with Crippen LogP contribution >= 0.6 is 0 Å². The van der Waals surface area contributed by atoms with E-state index in [9.17, 15) is 13.2 Å². The first-order valence-corrected chi connectivity index (χ1v) is 11.7. The lowest BCUT2D eigenvalue weighted by molar-refractivity contribution is -0.128. The molecule has 0 atom stereocenters. The molecule has 3 aromatic rings. The molecule has 1 amide bonds. The van der Waals surface area contributed by atoms with Gasteiger partial charge in [-0.3, -0.25) is 9.10 Å². The molecule has 0 unspecified atom stereocenters. The summed E-state index contributed by atoms with van der Waals surface area (Å²) in [5.41, 5.74) is 3.15. The van der Waals surface area contributed by atoms with E-state index in [4.69, 9.17) is 4.74 Å². The van der Waals surface area contributed by atoms with Gasteiger partial charge in [0.25, 0.3) is 10.0 Å². The normalized spacial score (nSPS) is 11.1. The van der Waals surface area contributed by atoms with Gasteiger partial charge in [0, 0.05) is 13.6 Å². The highest BCUT2D eigenvalue weighted by molar-refractivity contribution is 7.93. The van der Waals surface area contributed by atoms with Gasteiger partial charge in [-0.2, -0.15) is 0 Å². The number of hydrogen-bond donors (Lipinski definition) is 0. The molecule has 0 saturated carbocycles. The molecule has 0 aliphatic rings. The van der Waals surface area contributed by atoms with E-state index in [1.165, 1.54) is 12.0 Å². The van der Waals surface area contributed by atoms with E-state index in [1.807, 2.05) is 56.3 Å². The summed E-state index contributed by atoms with van der Waals surface area (Å²) in [5, 5.41) is 0. The SMILES string of the molecule is COc1ccc(C)cc1S(=O)(=O)N(CC(=O)N(C)Cc1ccccc1)c1ccc(C)cc1. The third kappa shape index (κ3) is 5.29. The van der Waals surface area contributed by atoms with Gasteiger partial charge in [0.1, 0.15) is 17.2 Å². The Labute approximate surface area is 190 Å². The molecule has 168 valence electrons. The van der Waals surface area contributed by atoms with E-state index in [-0.39, 0.29) is 23.1 Å². The number of likely N-dealkylation sites (N-methyl/N-ethyl adjacent to an activating group) is 1. The fourth-order valence-corrected chi connectivity index (χ4v) is 4.98. The number of amides is 1. The van der Waals surface area contributed by atoms with Crippen LogP contribution in [-0.4, -0.2) is 39.9 Å². The topological polar surface area (TPSA) is 66.9 Å². The molecular weight excluding hydrogens is 424 g/mol. The van der Waals surface area contributed by atoms with Gasteiger partial charge in [-0.25, -0.2) is 8.42 Å². The molecule has 0 heterocycles. The minimum Gasteiger partial charge on any atom is -0.495 e. The van der Waals surface area contributed by atoms with Crippen molar-refractivity contribution < 1.29 is 17.9 Å². The van der Waals surface area contributed by atoms with E-state index in [1.54, 1.807) is 37.4 Å². The zero-order chi connectivity index (χ0) is 23.3. The van der Waals surface area contributed by atoms with E-state index < -0.39 is 10.0 Å². The minimum absolute atomic E-state index is 0.0269. The first-order chi connectivity index (χ1) is 15.2. The quantitative estimate of drug-likeness (QED) is 0.515. The van der Waals surface area contributed by atoms with Crippen molar-refractivity contribution in [3.8, 4) is 5.75 Å². The summed E-state index contributed by atoms with van der Waals surface area (Å²) in [5.74, 6) is -0.0811.